The molecule has 1 aromatic carbocycles. The van der Waals surface area contributed by atoms with E-state index >= 15 is 0 Å². The third kappa shape index (κ3) is 3.18. The normalized spacial score (nSPS) is 9.08. The van der Waals surface area contributed by atoms with Crippen molar-refractivity contribution < 1.29 is 5.11 Å². The van der Waals surface area contributed by atoms with Crippen LogP contribution in [0.25, 0.3) is 0 Å². The third-order valence-corrected chi connectivity index (χ3v) is 1.56. The van der Waals surface area contributed by atoms with Gasteiger partial charge in [-0.25, -0.2) is 0 Å². The fourth-order valence-corrected chi connectivity index (χ4v) is 1.07. The average Bonchev–Trinajstić information content (AvgIpc) is 2.03. The third-order valence-electron chi connectivity index (χ3n) is 1.56. The van der Waals surface area contributed by atoms with Crippen LogP contribution >= 0.6 is 0 Å². The number of hydrogen-bond acceptors (Lipinski definition) is 2. The number of phenolic OH excluding ortho intramolecular Hbond substituents is 1. The molecule has 0 saturated heterocycles. The molecular weight excluding hydrogens is 162 g/mol. The SMILES string of the molecule is Cc1cc(O)cc(C#CCCN)c1. The molecule has 0 radical (unpaired) electrons. The lowest BCUT2D eigenvalue weighted by Gasteiger charge is -1.96. The highest BCUT2D eigenvalue weighted by atomic mass is 16.3. The molecule has 1 rings (SSSR count). The maximum Gasteiger partial charge on any atom is 0.117 e. The first-order valence-electron chi connectivity index (χ1n) is 4.22. The average molecular weight is 175 g/mol. The standard InChI is InChI=1S/C11H13NO/c1-9-6-10(4-2-3-5-12)8-11(13)7-9/h6-8,13H,3,5,12H2,1H3. The van der Waals surface area contributed by atoms with Gasteiger partial charge in [-0.15, -0.1) is 0 Å². The molecule has 68 valence electrons. The molecule has 13 heavy (non-hydrogen) atoms. The van der Waals surface area contributed by atoms with Crippen LogP contribution in [0.3, 0.4) is 0 Å². The molecule has 2 heteroatoms. The quantitative estimate of drug-likeness (QED) is 0.634. The van der Waals surface area contributed by atoms with E-state index in [4.69, 9.17) is 5.73 Å². The van der Waals surface area contributed by atoms with Gasteiger partial charge in [0, 0.05) is 18.5 Å². The fourth-order valence-electron chi connectivity index (χ4n) is 1.07. The molecule has 0 saturated carbocycles. The van der Waals surface area contributed by atoms with Gasteiger partial charge in [0.15, 0.2) is 0 Å². The van der Waals surface area contributed by atoms with Crippen molar-refractivity contribution in [3.63, 3.8) is 0 Å². The summed E-state index contributed by atoms with van der Waals surface area (Å²) >= 11 is 0. The number of benzene rings is 1. The minimum absolute atomic E-state index is 0.261. The molecule has 0 atom stereocenters. The first kappa shape index (κ1) is 9.63. The van der Waals surface area contributed by atoms with E-state index in [9.17, 15) is 5.11 Å². The molecule has 0 aliphatic heterocycles. The van der Waals surface area contributed by atoms with E-state index in [-0.39, 0.29) is 5.75 Å². The molecule has 0 aliphatic rings. The second-order valence-corrected chi connectivity index (χ2v) is 2.90. The molecule has 1 aromatic rings. The van der Waals surface area contributed by atoms with Crippen molar-refractivity contribution in [3.8, 4) is 17.6 Å². The van der Waals surface area contributed by atoms with Gasteiger partial charge >= 0.3 is 0 Å². The van der Waals surface area contributed by atoms with Crippen LogP contribution in [-0.2, 0) is 0 Å². The van der Waals surface area contributed by atoms with E-state index in [2.05, 4.69) is 11.8 Å². The van der Waals surface area contributed by atoms with Gasteiger partial charge in [-0.2, -0.15) is 0 Å². The highest BCUT2D eigenvalue weighted by molar-refractivity contribution is 5.42. The lowest BCUT2D eigenvalue weighted by atomic mass is 10.1. The molecule has 0 aliphatic carbocycles. The zero-order valence-electron chi connectivity index (χ0n) is 7.67. The van der Waals surface area contributed by atoms with E-state index in [1.807, 2.05) is 13.0 Å². The molecule has 0 fully saturated rings. The molecule has 0 bridgehead atoms. The van der Waals surface area contributed by atoms with E-state index in [0.29, 0.717) is 13.0 Å². The van der Waals surface area contributed by atoms with Crippen molar-refractivity contribution in [2.45, 2.75) is 13.3 Å². The van der Waals surface area contributed by atoms with Crippen molar-refractivity contribution in [2.24, 2.45) is 5.73 Å². The van der Waals surface area contributed by atoms with Gasteiger partial charge in [0.1, 0.15) is 5.75 Å². The van der Waals surface area contributed by atoms with Crippen molar-refractivity contribution in [1.82, 2.24) is 0 Å². The molecule has 3 N–H and O–H groups in total. The summed E-state index contributed by atoms with van der Waals surface area (Å²) in [7, 11) is 0. The molecule has 2 nitrogen and oxygen atoms in total. The Morgan fingerprint density at radius 2 is 2.15 bits per heavy atom. The van der Waals surface area contributed by atoms with Crippen LogP contribution < -0.4 is 5.73 Å². The summed E-state index contributed by atoms with van der Waals surface area (Å²) < 4.78 is 0. The summed E-state index contributed by atoms with van der Waals surface area (Å²) in [6.07, 6.45) is 0.689. The number of hydrogen-bond donors (Lipinski definition) is 2. The second kappa shape index (κ2) is 4.54. The van der Waals surface area contributed by atoms with Crippen LogP contribution in [-0.4, -0.2) is 11.7 Å². The molecule has 0 spiro atoms. The Morgan fingerprint density at radius 1 is 1.38 bits per heavy atom. The summed E-state index contributed by atoms with van der Waals surface area (Å²) in [6.45, 7) is 2.50. The summed E-state index contributed by atoms with van der Waals surface area (Å²) in [5, 5.41) is 9.26. The van der Waals surface area contributed by atoms with Gasteiger partial charge in [0.2, 0.25) is 0 Å². The Hall–Kier alpha value is -1.46. The van der Waals surface area contributed by atoms with Gasteiger partial charge in [-0.1, -0.05) is 11.8 Å². The van der Waals surface area contributed by atoms with E-state index in [1.165, 1.54) is 0 Å². The predicted molar refractivity (Wildman–Crippen MR) is 53.4 cm³/mol. The molecular formula is C11H13NO. The van der Waals surface area contributed by atoms with E-state index < -0.39 is 0 Å². The van der Waals surface area contributed by atoms with Crippen LogP contribution in [0, 0.1) is 18.8 Å². The minimum atomic E-state index is 0.261. The number of aromatic hydroxyl groups is 1. The first-order chi connectivity index (χ1) is 6.22. The van der Waals surface area contributed by atoms with Crippen molar-refractivity contribution in [1.29, 1.82) is 0 Å². The Labute approximate surface area is 78.4 Å². The summed E-state index contributed by atoms with van der Waals surface area (Å²) in [5.41, 5.74) is 7.15. The van der Waals surface area contributed by atoms with Crippen molar-refractivity contribution in [2.75, 3.05) is 6.54 Å². The van der Waals surface area contributed by atoms with E-state index in [1.54, 1.807) is 12.1 Å². The smallest absolute Gasteiger partial charge is 0.117 e. The van der Waals surface area contributed by atoms with Crippen LogP contribution in [0.1, 0.15) is 17.5 Å². The maximum absolute atomic E-state index is 9.26. The van der Waals surface area contributed by atoms with E-state index in [0.717, 1.165) is 11.1 Å². The molecule has 0 heterocycles. The van der Waals surface area contributed by atoms with Crippen LogP contribution in [0.15, 0.2) is 18.2 Å². The zero-order valence-corrected chi connectivity index (χ0v) is 7.67. The Balaban J connectivity index is 2.85. The fraction of sp³-hybridized carbons (Fsp3) is 0.273. The van der Waals surface area contributed by atoms with Crippen molar-refractivity contribution in [3.05, 3.63) is 29.3 Å². The monoisotopic (exact) mass is 175 g/mol. The van der Waals surface area contributed by atoms with Crippen LogP contribution in [0.5, 0.6) is 5.75 Å². The highest BCUT2D eigenvalue weighted by Crippen LogP contribution is 2.13. The van der Waals surface area contributed by atoms with Gasteiger partial charge in [0.25, 0.3) is 0 Å². The number of nitrogens with two attached hydrogens (primary N) is 1. The molecule has 0 amide bonds. The highest BCUT2D eigenvalue weighted by Gasteiger charge is 1.92. The summed E-state index contributed by atoms with van der Waals surface area (Å²) in [4.78, 5) is 0. The number of rotatable bonds is 1. The molecule has 0 aromatic heterocycles. The Kier molecular flexibility index (Phi) is 3.36. The van der Waals surface area contributed by atoms with Gasteiger partial charge in [0.05, 0.1) is 0 Å². The van der Waals surface area contributed by atoms with Gasteiger partial charge < -0.3 is 10.8 Å². The Bertz CT molecular complexity index is 327. The first-order valence-corrected chi connectivity index (χ1v) is 4.22. The number of phenols is 1. The largest absolute Gasteiger partial charge is 0.508 e. The maximum atomic E-state index is 9.26. The number of aryl methyl sites for hydroxylation is 1. The summed E-state index contributed by atoms with van der Waals surface area (Å²) in [5.74, 6) is 6.12. The van der Waals surface area contributed by atoms with Crippen LogP contribution in [0.2, 0.25) is 0 Å². The predicted octanol–water partition coefficient (Wildman–Crippen LogP) is 1.40. The van der Waals surface area contributed by atoms with Crippen molar-refractivity contribution >= 4 is 0 Å². The summed E-state index contributed by atoms with van der Waals surface area (Å²) in [6, 6.07) is 5.29. The topological polar surface area (TPSA) is 46.2 Å². The van der Waals surface area contributed by atoms with Gasteiger partial charge in [-0.05, 0) is 30.7 Å². The van der Waals surface area contributed by atoms with Crippen LogP contribution in [0.4, 0.5) is 0 Å². The zero-order chi connectivity index (χ0) is 9.68. The molecule has 0 unspecified atom stereocenters. The van der Waals surface area contributed by atoms with Gasteiger partial charge in [-0.3, -0.25) is 0 Å². The lowest BCUT2D eigenvalue weighted by Crippen LogP contribution is -1.95. The Morgan fingerprint density at radius 3 is 2.77 bits per heavy atom. The second-order valence-electron chi connectivity index (χ2n) is 2.90. The lowest BCUT2D eigenvalue weighted by molar-refractivity contribution is 0.474. The minimum Gasteiger partial charge on any atom is -0.508 e.